The van der Waals surface area contributed by atoms with E-state index in [4.69, 9.17) is 15.1 Å². The average molecular weight is 708 g/mol. The van der Waals surface area contributed by atoms with Crippen LogP contribution in [0.1, 0.15) is 70.2 Å². The minimum Gasteiger partial charge on any atom is -0.486 e. The number of fused-ring (bicyclic) bond motifs is 4. The Morgan fingerprint density at radius 2 is 1.44 bits per heavy atom. The van der Waals surface area contributed by atoms with Crippen molar-refractivity contribution in [2.24, 2.45) is 9.98 Å². The van der Waals surface area contributed by atoms with Gasteiger partial charge in [-0.15, -0.1) is 6.58 Å². The molecule has 1 aliphatic carbocycles. The molecule has 5 aromatic carbocycles. The first-order valence-electron chi connectivity index (χ1n) is 18.7. The molecule has 0 saturated carbocycles. The van der Waals surface area contributed by atoms with Crippen LogP contribution in [0.4, 0.5) is 0 Å². The van der Waals surface area contributed by atoms with Crippen LogP contribution in [-0.4, -0.2) is 24.0 Å². The van der Waals surface area contributed by atoms with Crippen LogP contribution < -0.4 is 4.74 Å². The Kier molecular flexibility index (Phi) is 11.6. The fourth-order valence-electron chi connectivity index (χ4n) is 7.34. The first-order valence-corrected chi connectivity index (χ1v) is 18.7. The number of hydrogen-bond donors (Lipinski definition) is 1. The van der Waals surface area contributed by atoms with Crippen LogP contribution >= 0.6 is 0 Å². The van der Waals surface area contributed by atoms with Gasteiger partial charge >= 0.3 is 0 Å². The van der Waals surface area contributed by atoms with Gasteiger partial charge in [-0.25, -0.2) is 9.98 Å². The Morgan fingerprint density at radius 3 is 2.20 bits per heavy atom. The van der Waals surface area contributed by atoms with Crippen LogP contribution in [0.2, 0.25) is 0 Å². The lowest BCUT2D eigenvalue weighted by atomic mass is 9.82. The smallest absolute Gasteiger partial charge is 0.153 e. The van der Waals surface area contributed by atoms with Crippen molar-refractivity contribution < 1.29 is 4.74 Å². The Hall–Kier alpha value is -6.13. The largest absolute Gasteiger partial charge is 0.486 e. The number of amidine groups is 2. The fraction of sp³-hybridized carbons (Fsp3) is 0.180. The zero-order valence-corrected chi connectivity index (χ0v) is 32.2. The van der Waals surface area contributed by atoms with Gasteiger partial charge < -0.3 is 4.74 Å². The second-order valence-electron chi connectivity index (χ2n) is 14.0. The van der Waals surface area contributed by atoms with E-state index in [0.29, 0.717) is 12.3 Å². The van der Waals surface area contributed by atoms with Crippen molar-refractivity contribution in [1.29, 1.82) is 5.41 Å². The van der Waals surface area contributed by atoms with Gasteiger partial charge in [0.15, 0.2) is 5.84 Å². The summed E-state index contributed by atoms with van der Waals surface area (Å²) in [6.45, 7) is 16.0. The van der Waals surface area contributed by atoms with Gasteiger partial charge in [0, 0.05) is 34.8 Å². The molecule has 1 unspecified atom stereocenters. The molecule has 0 amide bonds. The SMILES string of the molecule is C/C=C\CC(N=CC1=CC(C)Oc2ccc(-c3cccc(-c4cccc5c4-c4ccccc4C5(C)C)c3)cc2/C1=C/C)=NC(=N)c1ccccc1.C=CC. The summed E-state index contributed by atoms with van der Waals surface area (Å²) in [4.78, 5) is 9.45. The van der Waals surface area contributed by atoms with Crippen molar-refractivity contribution in [2.45, 2.75) is 59.5 Å². The molecule has 7 rings (SSSR count). The lowest BCUT2D eigenvalue weighted by Crippen LogP contribution is -2.14. The van der Waals surface area contributed by atoms with E-state index in [1.807, 2.05) is 69.5 Å². The maximum atomic E-state index is 8.59. The lowest BCUT2D eigenvalue weighted by molar-refractivity contribution is 0.270. The number of aliphatic imine (C=N–C) groups is 2. The lowest BCUT2D eigenvalue weighted by Gasteiger charge is -2.21. The van der Waals surface area contributed by atoms with E-state index in [9.17, 15) is 0 Å². The van der Waals surface area contributed by atoms with Gasteiger partial charge in [0.2, 0.25) is 0 Å². The highest BCUT2D eigenvalue weighted by Gasteiger charge is 2.36. The molecule has 0 bridgehead atoms. The van der Waals surface area contributed by atoms with E-state index in [-0.39, 0.29) is 17.4 Å². The molecule has 1 heterocycles. The molecular weight excluding hydrogens is 659 g/mol. The van der Waals surface area contributed by atoms with Crippen molar-refractivity contribution in [3.63, 3.8) is 0 Å². The molecule has 0 aromatic heterocycles. The van der Waals surface area contributed by atoms with E-state index in [1.54, 1.807) is 6.08 Å². The predicted octanol–water partition coefficient (Wildman–Crippen LogP) is 13.1. The van der Waals surface area contributed by atoms with E-state index < -0.39 is 0 Å². The molecule has 5 aromatic rings. The molecule has 0 fully saturated rings. The highest BCUT2D eigenvalue weighted by molar-refractivity contribution is 6.10. The number of allylic oxidation sites excluding steroid dienone is 5. The molecule has 2 aliphatic rings. The van der Waals surface area contributed by atoms with Crippen LogP contribution in [0.5, 0.6) is 5.75 Å². The maximum Gasteiger partial charge on any atom is 0.153 e. The van der Waals surface area contributed by atoms with E-state index >= 15 is 0 Å². The highest BCUT2D eigenvalue weighted by Crippen LogP contribution is 2.52. The Bertz CT molecular complexity index is 2340. The molecule has 0 saturated heterocycles. The Labute approximate surface area is 321 Å². The van der Waals surface area contributed by atoms with Gasteiger partial charge in [-0.2, -0.15) is 0 Å². The van der Waals surface area contributed by atoms with Gasteiger partial charge in [0.1, 0.15) is 17.7 Å². The molecule has 54 heavy (non-hydrogen) atoms. The Morgan fingerprint density at radius 1 is 0.778 bits per heavy atom. The summed E-state index contributed by atoms with van der Waals surface area (Å²) in [6.07, 6.45) is 12.2. The monoisotopic (exact) mass is 707 g/mol. The summed E-state index contributed by atoms with van der Waals surface area (Å²) in [6, 6.07) is 40.5. The van der Waals surface area contributed by atoms with Crippen molar-refractivity contribution in [3.8, 4) is 39.1 Å². The average Bonchev–Trinajstić information content (AvgIpc) is 3.33. The quantitative estimate of drug-likeness (QED) is 0.107. The zero-order valence-electron chi connectivity index (χ0n) is 32.2. The highest BCUT2D eigenvalue weighted by atomic mass is 16.5. The van der Waals surface area contributed by atoms with Gasteiger partial charge in [-0.05, 0) is 102 Å². The summed E-state index contributed by atoms with van der Waals surface area (Å²) in [7, 11) is 0. The fourth-order valence-corrected chi connectivity index (χ4v) is 7.34. The third-order valence-electron chi connectivity index (χ3n) is 9.89. The molecule has 4 nitrogen and oxygen atoms in total. The van der Waals surface area contributed by atoms with E-state index in [2.05, 4.69) is 129 Å². The maximum absolute atomic E-state index is 8.59. The summed E-state index contributed by atoms with van der Waals surface area (Å²) < 4.78 is 6.45. The third kappa shape index (κ3) is 7.79. The van der Waals surface area contributed by atoms with Crippen molar-refractivity contribution >= 4 is 23.5 Å². The molecular formula is C50H49N3O. The molecule has 4 heteroatoms. The molecule has 1 aliphatic heterocycles. The molecule has 0 radical (unpaired) electrons. The molecule has 270 valence electrons. The normalized spacial score (nSPS) is 16.4. The van der Waals surface area contributed by atoms with Crippen molar-refractivity contribution in [2.75, 3.05) is 0 Å². The van der Waals surface area contributed by atoms with Crippen LogP contribution in [-0.2, 0) is 5.41 Å². The number of nitrogens with one attached hydrogen (secondary N) is 1. The summed E-state index contributed by atoms with van der Waals surface area (Å²) in [5, 5.41) is 8.59. The minimum absolute atomic E-state index is 0.0476. The van der Waals surface area contributed by atoms with Crippen molar-refractivity contribution in [1.82, 2.24) is 0 Å². The van der Waals surface area contributed by atoms with Gasteiger partial charge in [-0.3, -0.25) is 5.41 Å². The predicted molar refractivity (Wildman–Crippen MR) is 231 cm³/mol. The minimum atomic E-state index is -0.164. The van der Waals surface area contributed by atoms with E-state index in [1.165, 1.54) is 33.4 Å². The summed E-state index contributed by atoms with van der Waals surface area (Å²) in [5.41, 5.74) is 13.8. The Balaban J connectivity index is 0.00000160. The van der Waals surface area contributed by atoms with E-state index in [0.717, 1.165) is 39.1 Å². The zero-order chi connectivity index (χ0) is 38.2. The number of benzene rings is 5. The van der Waals surface area contributed by atoms with Crippen LogP contribution in [0, 0.1) is 5.41 Å². The van der Waals surface area contributed by atoms with Gasteiger partial charge in [0.25, 0.3) is 0 Å². The van der Waals surface area contributed by atoms with Crippen LogP contribution in [0.25, 0.3) is 39.0 Å². The summed E-state index contributed by atoms with van der Waals surface area (Å²) >= 11 is 0. The van der Waals surface area contributed by atoms with Crippen LogP contribution in [0.15, 0.2) is 168 Å². The standard InChI is InChI=1S/C47H43N3O.C3H6/c1-6-8-24-44(50-46(48)32-16-10-9-11-17-32)49-30-36-27-31(3)51-43-26-25-34(29-40(43)37(36)7-2)33-18-14-19-35(28-33)38-21-15-23-42-45(38)39-20-12-13-22-41(39)47(42,4)5;1-3-2/h6-23,25-31,48H,24H2,1-5H3;3H,1H2,2H3/b8-6-,37-7+,48-46?,49-30?,50-44?;. The van der Waals surface area contributed by atoms with Crippen molar-refractivity contribution in [3.05, 3.63) is 180 Å². The number of rotatable bonds is 6. The molecule has 0 spiro atoms. The third-order valence-corrected chi connectivity index (χ3v) is 9.89. The first-order chi connectivity index (χ1) is 26.2. The molecule has 1 N–H and O–H groups in total. The second kappa shape index (κ2) is 16.7. The number of ether oxygens (including phenoxy) is 1. The van der Waals surface area contributed by atoms with Gasteiger partial charge in [-0.1, -0.05) is 135 Å². The topological polar surface area (TPSA) is 57.8 Å². The number of hydrogen-bond acceptors (Lipinski definition) is 2. The second-order valence-corrected chi connectivity index (χ2v) is 14.0. The summed E-state index contributed by atoms with van der Waals surface area (Å²) in [5.74, 6) is 1.60. The first kappa shape index (κ1) is 37.6. The molecule has 1 atom stereocenters. The number of nitrogens with zero attached hydrogens (tertiary/aromatic N) is 2. The van der Waals surface area contributed by atoms with Crippen LogP contribution in [0.3, 0.4) is 0 Å². The van der Waals surface area contributed by atoms with Gasteiger partial charge in [0.05, 0.1) is 0 Å².